The largest absolute Gasteiger partial charge is 1.00 e. The van der Waals surface area contributed by atoms with Gasteiger partial charge in [-0.15, -0.1) is 0 Å². The van der Waals surface area contributed by atoms with Crippen LogP contribution < -0.4 is 24.2 Å². The molecule has 0 spiro atoms. The molecule has 0 aromatic heterocycles. The van der Waals surface area contributed by atoms with E-state index in [4.69, 9.17) is 24.8 Å². The average Bonchev–Trinajstić information content (AvgIpc) is 1.77. The van der Waals surface area contributed by atoms with Crippen molar-refractivity contribution in [3.8, 4) is 0 Å². The zero-order valence-electron chi connectivity index (χ0n) is 8.82. The molecule has 0 unspecified atom stereocenters. The summed E-state index contributed by atoms with van der Waals surface area (Å²) >= 11 is 17.3. The molecule has 0 atom stereocenters. The number of nitrogens with one attached hydrogen (secondary N) is 1. The van der Waals surface area contributed by atoms with E-state index >= 15 is 0 Å². The summed E-state index contributed by atoms with van der Waals surface area (Å²) < 4.78 is 2.55. The van der Waals surface area contributed by atoms with Crippen LogP contribution in [0.15, 0.2) is 0 Å². The number of likely N-dealkylation sites (tertiary alicyclic amines) is 1. The van der Waals surface area contributed by atoms with Gasteiger partial charge in [0.05, 0.1) is 0 Å². The van der Waals surface area contributed by atoms with Crippen molar-refractivity contribution in [2.75, 3.05) is 26.2 Å². The van der Waals surface area contributed by atoms with Gasteiger partial charge in [-0.2, -0.15) is 0 Å². The van der Waals surface area contributed by atoms with Crippen LogP contribution >= 0.6 is 36.7 Å². The van der Waals surface area contributed by atoms with Crippen LogP contribution in [0, 0.1) is 0 Å². The summed E-state index contributed by atoms with van der Waals surface area (Å²) in [7, 11) is 0. The van der Waals surface area contributed by atoms with Crippen LogP contribution in [-0.2, 0) is 12.6 Å². The van der Waals surface area contributed by atoms with Crippen molar-refractivity contribution in [3.05, 3.63) is 0 Å². The van der Waals surface area contributed by atoms with Gasteiger partial charge in [0.25, 0.3) is 0 Å². The van der Waals surface area contributed by atoms with Crippen LogP contribution in [0.5, 0.6) is 0 Å². The molecule has 2 heterocycles. The van der Waals surface area contributed by atoms with E-state index in [1.807, 2.05) is 9.21 Å². The van der Waals surface area contributed by atoms with Crippen molar-refractivity contribution in [2.24, 2.45) is 0 Å². The first-order chi connectivity index (χ1) is 6.72. The fraction of sp³-hybridized carbons (Fsp3) is 0.778. The molecule has 7 heteroatoms. The van der Waals surface area contributed by atoms with Gasteiger partial charge < -0.3 is 35.1 Å². The maximum absolute atomic E-state index is 4.71. The second-order valence-corrected chi connectivity index (χ2v) is 4.49. The van der Waals surface area contributed by atoms with Crippen LogP contribution in [0.25, 0.3) is 0 Å². The minimum absolute atomic E-state index is 0. The average molecular weight is 288 g/mol. The number of rotatable bonds is 0. The molecule has 0 aromatic carbocycles. The van der Waals surface area contributed by atoms with Gasteiger partial charge in [-0.25, -0.2) is 0 Å². The molecule has 0 aromatic rings. The van der Waals surface area contributed by atoms with Crippen LogP contribution in [0.1, 0.15) is 20.3 Å². The minimum atomic E-state index is 0. The molecule has 1 N–H and O–H groups in total. The van der Waals surface area contributed by atoms with Gasteiger partial charge in [-0.3, -0.25) is 0 Å². The van der Waals surface area contributed by atoms with E-state index in [9.17, 15) is 0 Å². The molecule has 16 heavy (non-hydrogen) atoms. The number of nitrogens with zero attached hydrogens (tertiary/aromatic N) is 1. The van der Waals surface area contributed by atoms with Crippen molar-refractivity contribution >= 4 is 57.9 Å². The third-order valence-electron chi connectivity index (χ3n) is 1.82. The summed E-state index contributed by atoms with van der Waals surface area (Å²) in [4.78, 5) is 2.02. The summed E-state index contributed by atoms with van der Waals surface area (Å²) in [6, 6.07) is 0. The van der Waals surface area contributed by atoms with E-state index in [1.165, 1.54) is 25.9 Å². The van der Waals surface area contributed by atoms with Crippen LogP contribution in [0.2, 0.25) is 0 Å². The van der Waals surface area contributed by atoms with Crippen molar-refractivity contribution in [2.45, 2.75) is 20.3 Å². The van der Waals surface area contributed by atoms with Crippen molar-refractivity contribution < 1.29 is 18.9 Å². The normalized spacial score (nSPS) is 14.6. The first-order valence-corrected chi connectivity index (χ1v) is 6.01. The molecule has 88 valence electrons. The standard InChI is InChI=1S/C4H7NS2.C3H7N.CS2.CH4.Li/c6-4(7)5-2-1-3-5;1-2-4-3-1;2-1-3;;/h1-3H2,(H,6,7);4H,1-3H2;;1H4;/q;;;;+1/p-1. The molecule has 2 rings (SSSR count). The Morgan fingerprint density at radius 2 is 1.50 bits per heavy atom. The number of thiocarbonyl (C=S) groups is 3. The van der Waals surface area contributed by atoms with Gasteiger partial charge in [0.2, 0.25) is 0 Å². The Kier molecular flexibility index (Phi) is 21.9. The van der Waals surface area contributed by atoms with Crippen LogP contribution in [0.3, 0.4) is 0 Å². The molecular weight excluding hydrogens is 271 g/mol. The van der Waals surface area contributed by atoms with Crippen molar-refractivity contribution in [1.82, 2.24) is 10.2 Å². The smallest absolute Gasteiger partial charge is 0.411 e. The van der Waals surface area contributed by atoms with Crippen molar-refractivity contribution in [1.29, 1.82) is 0 Å². The van der Waals surface area contributed by atoms with Crippen LogP contribution in [0.4, 0.5) is 0 Å². The molecular formula is C9H17LiN2S4. The summed E-state index contributed by atoms with van der Waals surface area (Å²) in [5.41, 5.74) is 0. The van der Waals surface area contributed by atoms with Gasteiger partial charge in [-0.05, 0) is 50.4 Å². The second-order valence-electron chi connectivity index (χ2n) is 2.79. The van der Waals surface area contributed by atoms with Crippen LogP contribution in [-0.4, -0.2) is 39.7 Å². The van der Waals surface area contributed by atoms with E-state index in [2.05, 4.69) is 29.8 Å². The molecule has 0 saturated carbocycles. The summed E-state index contributed by atoms with van der Waals surface area (Å²) in [5.74, 6) is 0. The topological polar surface area (TPSA) is 15.3 Å². The predicted molar refractivity (Wildman–Crippen MR) is 80.6 cm³/mol. The molecule has 2 saturated heterocycles. The molecule has 0 radical (unpaired) electrons. The van der Waals surface area contributed by atoms with E-state index in [1.54, 1.807) is 0 Å². The Labute approximate surface area is 133 Å². The zero-order valence-corrected chi connectivity index (χ0v) is 12.1. The Morgan fingerprint density at radius 1 is 1.19 bits per heavy atom. The van der Waals surface area contributed by atoms with Gasteiger partial charge >= 0.3 is 18.9 Å². The fourth-order valence-corrected chi connectivity index (χ4v) is 1.04. The molecule has 0 amide bonds. The Balaban J connectivity index is -0.000000164. The zero-order chi connectivity index (χ0) is 10.8. The Hall–Kier alpha value is 0.887. The Bertz CT molecular complexity index is 196. The molecule has 2 aliphatic rings. The molecule has 2 nitrogen and oxygen atoms in total. The molecule has 0 aliphatic carbocycles. The minimum Gasteiger partial charge on any atom is -0.411 e. The van der Waals surface area contributed by atoms with E-state index < -0.39 is 0 Å². The summed E-state index contributed by atoms with van der Waals surface area (Å²) in [6.07, 6.45) is 2.65. The van der Waals surface area contributed by atoms with Crippen molar-refractivity contribution in [3.63, 3.8) is 0 Å². The molecule has 2 fully saturated rings. The first-order valence-electron chi connectivity index (χ1n) is 4.38. The third-order valence-corrected chi connectivity index (χ3v) is 2.34. The van der Waals surface area contributed by atoms with Gasteiger partial charge in [0.15, 0.2) is 0 Å². The SMILES string of the molecule is C.C1CNC1.S=C([S-])N1CCC1.S=C=S.[Li+]. The molecule has 2 aliphatic heterocycles. The molecule has 0 bridgehead atoms. The maximum Gasteiger partial charge on any atom is 1.00 e. The van der Waals surface area contributed by atoms with Gasteiger partial charge in [-0.1, -0.05) is 11.7 Å². The van der Waals surface area contributed by atoms with E-state index in [0.717, 1.165) is 13.1 Å². The van der Waals surface area contributed by atoms with E-state index in [-0.39, 0.29) is 26.3 Å². The predicted octanol–water partition coefficient (Wildman–Crippen LogP) is -0.838. The number of hydrogen-bond donors (Lipinski definition) is 1. The summed E-state index contributed by atoms with van der Waals surface area (Å²) in [5, 5.41) is 3.11. The van der Waals surface area contributed by atoms with Gasteiger partial charge in [0, 0.05) is 17.4 Å². The third kappa shape index (κ3) is 13.0. The van der Waals surface area contributed by atoms with E-state index in [0.29, 0.717) is 4.32 Å². The monoisotopic (exact) mass is 288 g/mol. The number of hydrogen-bond acceptors (Lipinski definition) is 5. The van der Waals surface area contributed by atoms with Gasteiger partial charge in [0.1, 0.15) is 0 Å². The second kappa shape index (κ2) is 15.9. The fourth-order valence-electron chi connectivity index (χ4n) is 0.676. The Morgan fingerprint density at radius 3 is 1.50 bits per heavy atom. The maximum atomic E-state index is 4.71. The quantitative estimate of drug-likeness (QED) is 0.353. The summed E-state index contributed by atoms with van der Waals surface area (Å²) in [6.45, 7) is 4.67. The first kappa shape index (κ1) is 22.1.